The molecule has 1 unspecified atom stereocenters. The molecule has 220 valence electrons. The number of amides is 2. The van der Waals surface area contributed by atoms with Crippen LogP contribution in [-0.2, 0) is 11.2 Å². The number of carbonyl (C=O) groups is 2. The molecule has 0 bridgehead atoms. The van der Waals surface area contributed by atoms with Crippen molar-refractivity contribution in [3.63, 3.8) is 0 Å². The molecule has 4 atom stereocenters. The van der Waals surface area contributed by atoms with Gasteiger partial charge in [0.1, 0.15) is 5.60 Å². The zero-order valence-electron chi connectivity index (χ0n) is 24.8. The molecular formula is C33H43N3O5. The highest BCUT2D eigenvalue weighted by Crippen LogP contribution is 2.40. The molecule has 0 fully saturated rings. The molecule has 0 saturated heterocycles. The number of carboxylic acid groups (broad SMARTS) is 1. The van der Waals surface area contributed by atoms with E-state index in [1.165, 1.54) is 0 Å². The highest BCUT2D eigenvalue weighted by Gasteiger charge is 2.38. The van der Waals surface area contributed by atoms with E-state index in [9.17, 15) is 19.8 Å². The molecule has 8 nitrogen and oxygen atoms in total. The minimum Gasteiger partial charge on any atom is -0.465 e. The van der Waals surface area contributed by atoms with Crippen LogP contribution >= 0.6 is 0 Å². The third-order valence-electron chi connectivity index (χ3n) is 6.84. The van der Waals surface area contributed by atoms with Crippen LogP contribution in [0.4, 0.5) is 9.59 Å². The maximum absolute atomic E-state index is 13.1. The molecule has 0 aliphatic rings. The first-order valence-corrected chi connectivity index (χ1v) is 14.0. The summed E-state index contributed by atoms with van der Waals surface area (Å²) in [6.45, 7) is 11.6. The summed E-state index contributed by atoms with van der Waals surface area (Å²) in [6, 6.07) is 21.8. The molecule has 41 heavy (non-hydrogen) atoms. The van der Waals surface area contributed by atoms with Crippen LogP contribution in [0.3, 0.4) is 0 Å². The molecule has 1 aromatic heterocycles. The Bertz CT molecular complexity index is 1250. The van der Waals surface area contributed by atoms with Gasteiger partial charge in [-0.05, 0) is 62.3 Å². The lowest BCUT2D eigenvalue weighted by Crippen LogP contribution is -2.51. The van der Waals surface area contributed by atoms with E-state index in [4.69, 9.17) is 4.74 Å². The molecule has 0 aliphatic heterocycles. The number of nitrogens with one attached hydrogen (secondary N) is 2. The maximum Gasteiger partial charge on any atom is 0.407 e. The largest absolute Gasteiger partial charge is 0.465 e. The molecule has 1 heterocycles. The number of hydrogen-bond acceptors (Lipinski definition) is 5. The number of aromatic nitrogens is 1. The minimum atomic E-state index is -1.22. The molecule has 3 rings (SSSR count). The number of carbonyl (C=O) groups excluding carboxylic acids is 1. The van der Waals surface area contributed by atoms with Crippen LogP contribution < -0.4 is 10.6 Å². The number of benzene rings is 2. The van der Waals surface area contributed by atoms with Gasteiger partial charge in [-0.25, -0.2) is 9.59 Å². The van der Waals surface area contributed by atoms with Gasteiger partial charge >= 0.3 is 12.2 Å². The van der Waals surface area contributed by atoms with Crippen molar-refractivity contribution >= 4 is 12.2 Å². The van der Waals surface area contributed by atoms with Gasteiger partial charge in [-0.2, -0.15) is 0 Å². The van der Waals surface area contributed by atoms with Crippen molar-refractivity contribution in [3.8, 4) is 11.3 Å². The summed E-state index contributed by atoms with van der Waals surface area (Å²) < 4.78 is 5.60. The summed E-state index contributed by atoms with van der Waals surface area (Å²) in [5.74, 6) is -0.246. The molecule has 3 aromatic rings. The lowest BCUT2D eigenvalue weighted by Gasteiger charge is -2.40. The van der Waals surface area contributed by atoms with Gasteiger partial charge in [-0.15, -0.1) is 0 Å². The summed E-state index contributed by atoms with van der Waals surface area (Å²) in [6.07, 6.45) is -0.767. The van der Waals surface area contributed by atoms with Crippen LogP contribution in [0.25, 0.3) is 11.3 Å². The van der Waals surface area contributed by atoms with Crippen molar-refractivity contribution in [1.29, 1.82) is 0 Å². The molecule has 0 spiro atoms. The van der Waals surface area contributed by atoms with Gasteiger partial charge < -0.3 is 25.6 Å². The number of rotatable bonds is 10. The molecular weight excluding hydrogens is 518 g/mol. The van der Waals surface area contributed by atoms with Gasteiger partial charge in [0.25, 0.3) is 0 Å². The third-order valence-corrected chi connectivity index (χ3v) is 6.84. The van der Waals surface area contributed by atoms with E-state index in [1.807, 2.05) is 72.8 Å². The Labute approximate surface area is 243 Å². The molecule has 4 N–H and O–H groups in total. The van der Waals surface area contributed by atoms with E-state index < -0.39 is 36.0 Å². The van der Waals surface area contributed by atoms with Crippen LogP contribution in [0.1, 0.15) is 65.0 Å². The zero-order chi connectivity index (χ0) is 30.2. The van der Waals surface area contributed by atoms with Gasteiger partial charge in [0.2, 0.25) is 0 Å². The normalized spacial score (nSPS) is 14.8. The van der Waals surface area contributed by atoms with Gasteiger partial charge in [0, 0.05) is 23.7 Å². The molecule has 0 aliphatic carbocycles. The Morgan fingerprint density at radius 3 is 2.02 bits per heavy atom. The number of nitrogens with zero attached hydrogens (tertiary/aromatic N) is 1. The number of aliphatic hydroxyl groups is 1. The number of pyridine rings is 1. The van der Waals surface area contributed by atoms with Crippen LogP contribution in [0.5, 0.6) is 0 Å². The fraction of sp³-hybridized carbons (Fsp3) is 0.424. The summed E-state index contributed by atoms with van der Waals surface area (Å²) in [4.78, 5) is 29.2. The lowest BCUT2D eigenvalue weighted by atomic mass is 9.70. The predicted octanol–water partition coefficient (Wildman–Crippen LogP) is 6.40. The fourth-order valence-corrected chi connectivity index (χ4v) is 5.20. The Morgan fingerprint density at radius 2 is 1.49 bits per heavy atom. The smallest absolute Gasteiger partial charge is 0.407 e. The van der Waals surface area contributed by atoms with Gasteiger partial charge in [-0.1, -0.05) is 81.4 Å². The van der Waals surface area contributed by atoms with Crippen LogP contribution in [0.15, 0.2) is 79.0 Å². The Balaban J connectivity index is 1.97. The minimum absolute atomic E-state index is 0.0982. The number of alkyl carbamates (subject to hydrolysis) is 1. The summed E-state index contributed by atoms with van der Waals surface area (Å²) in [5, 5.41) is 26.5. The Morgan fingerprint density at radius 1 is 0.854 bits per heavy atom. The third kappa shape index (κ3) is 9.90. The van der Waals surface area contributed by atoms with Gasteiger partial charge in [0.05, 0.1) is 17.8 Å². The molecule has 0 radical (unpaired) electrons. The number of hydrogen-bond donors (Lipinski definition) is 4. The van der Waals surface area contributed by atoms with Gasteiger partial charge in [-0.3, -0.25) is 4.98 Å². The van der Waals surface area contributed by atoms with Crippen molar-refractivity contribution in [2.75, 3.05) is 0 Å². The van der Waals surface area contributed by atoms with Crippen LogP contribution in [-0.4, -0.2) is 51.2 Å². The second-order valence-corrected chi connectivity index (χ2v) is 12.5. The summed E-state index contributed by atoms with van der Waals surface area (Å²) in [5.41, 5.74) is 2.62. The fourth-order valence-electron chi connectivity index (χ4n) is 5.20. The first-order chi connectivity index (χ1) is 19.2. The van der Waals surface area contributed by atoms with E-state index >= 15 is 0 Å². The van der Waals surface area contributed by atoms with Crippen molar-refractivity contribution < 1.29 is 24.5 Å². The quantitative estimate of drug-likeness (QED) is 0.227. The standard InChI is InChI=1S/C33H43N3O5/c1-32(2,3)29(24-17-15-23(16-18-24)25-14-10-11-19-34-25)27(36-31(40)41-33(4,5)6)21-28(37)26(35-30(38)39)20-22-12-8-7-9-13-22/h7-19,26-29,35,37H,20-21H2,1-6H3,(H,36,40)(H,38,39)/t26-,27-,28+,29?/m0/s1. The van der Waals surface area contributed by atoms with Crippen LogP contribution in [0, 0.1) is 5.41 Å². The van der Waals surface area contributed by atoms with Crippen molar-refractivity contribution in [2.24, 2.45) is 5.41 Å². The first-order valence-electron chi connectivity index (χ1n) is 14.0. The average molecular weight is 562 g/mol. The molecule has 8 heteroatoms. The van der Waals surface area contributed by atoms with E-state index in [-0.39, 0.29) is 17.8 Å². The molecule has 2 aromatic carbocycles. The van der Waals surface area contributed by atoms with Crippen LogP contribution in [0.2, 0.25) is 0 Å². The SMILES string of the molecule is CC(C)(C)OC(=O)N[C@@H](C[C@@H](O)[C@H](Cc1ccccc1)NC(=O)O)C(c1ccc(-c2ccccn2)cc1)C(C)(C)C. The zero-order valence-corrected chi connectivity index (χ0v) is 24.8. The summed E-state index contributed by atoms with van der Waals surface area (Å²) >= 11 is 0. The van der Waals surface area contributed by atoms with Crippen molar-refractivity contribution in [3.05, 3.63) is 90.1 Å². The van der Waals surface area contributed by atoms with E-state index in [0.717, 1.165) is 22.4 Å². The maximum atomic E-state index is 13.1. The van der Waals surface area contributed by atoms with E-state index in [0.29, 0.717) is 6.42 Å². The van der Waals surface area contributed by atoms with E-state index in [1.54, 1.807) is 27.0 Å². The lowest BCUT2D eigenvalue weighted by molar-refractivity contribution is 0.0421. The second-order valence-electron chi connectivity index (χ2n) is 12.5. The molecule has 0 saturated carbocycles. The Hall–Kier alpha value is -3.91. The van der Waals surface area contributed by atoms with Crippen molar-refractivity contribution in [1.82, 2.24) is 15.6 Å². The van der Waals surface area contributed by atoms with Gasteiger partial charge in [0.15, 0.2) is 0 Å². The highest BCUT2D eigenvalue weighted by atomic mass is 16.6. The number of ether oxygens (including phenoxy) is 1. The molecule has 2 amide bonds. The first kappa shape index (κ1) is 31.6. The highest BCUT2D eigenvalue weighted by molar-refractivity contribution is 5.68. The van der Waals surface area contributed by atoms with E-state index in [2.05, 4.69) is 36.4 Å². The second kappa shape index (κ2) is 13.6. The number of aliphatic hydroxyl groups excluding tert-OH is 1. The topological polar surface area (TPSA) is 121 Å². The monoisotopic (exact) mass is 561 g/mol. The average Bonchev–Trinajstić information content (AvgIpc) is 2.87. The van der Waals surface area contributed by atoms with Crippen molar-refractivity contribution in [2.45, 2.75) is 84.1 Å². The predicted molar refractivity (Wildman–Crippen MR) is 161 cm³/mol. The summed E-state index contributed by atoms with van der Waals surface area (Å²) in [7, 11) is 0. The Kier molecular flexibility index (Phi) is 10.5.